The minimum absolute atomic E-state index is 0.112. The Balaban J connectivity index is 1.87. The zero-order valence-corrected chi connectivity index (χ0v) is 13.6. The third kappa shape index (κ3) is 2.86. The van der Waals surface area contributed by atoms with Crippen LogP contribution in [0, 0.1) is 0 Å². The van der Waals surface area contributed by atoms with Gasteiger partial charge in [0.25, 0.3) is 0 Å². The van der Waals surface area contributed by atoms with Gasteiger partial charge in [0, 0.05) is 22.9 Å². The molecular formula is C17H14N2O4S. The second-order valence-electron chi connectivity index (χ2n) is 5.15. The lowest BCUT2D eigenvalue weighted by Crippen LogP contribution is -2.21. The van der Waals surface area contributed by atoms with Gasteiger partial charge >= 0.3 is 0 Å². The van der Waals surface area contributed by atoms with E-state index >= 15 is 0 Å². The Hall–Kier alpha value is -2.77. The molecule has 0 atom stereocenters. The number of carbonyl (C=O) groups excluding carboxylic acids is 2. The van der Waals surface area contributed by atoms with Crippen molar-refractivity contribution in [2.24, 2.45) is 0 Å². The maximum absolute atomic E-state index is 12.5. The first kappa shape index (κ1) is 16.1. The van der Waals surface area contributed by atoms with Crippen molar-refractivity contribution in [1.82, 2.24) is 4.72 Å². The van der Waals surface area contributed by atoms with E-state index in [1.54, 1.807) is 24.3 Å². The van der Waals surface area contributed by atoms with Crippen molar-refractivity contribution in [2.45, 2.75) is 4.90 Å². The highest BCUT2D eigenvalue weighted by molar-refractivity contribution is 7.89. The van der Waals surface area contributed by atoms with Crippen LogP contribution < -0.4 is 10.0 Å². The summed E-state index contributed by atoms with van der Waals surface area (Å²) in [5.41, 5.74) is 1.39. The molecule has 24 heavy (non-hydrogen) atoms. The Morgan fingerprint density at radius 2 is 1.50 bits per heavy atom. The molecular weight excluding hydrogens is 328 g/mol. The molecule has 0 radical (unpaired) electrons. The molecule has 0 aromatic heterocycles. The van der Waals surface area contributed by atoms with E-state index in [9.17, 15) is 18.0 Å². The molecule has 0 aliphatic heterocycles. The fourth-order valence-corrected chi connectivity index (χ4v) is 3.13. The zero-order valence-electron chi connectivity index (χ0n) is 12.7. The second kappa shape index (κ2) is 6.03. The van der Waals surface area contributed by atoms with E-state index < -0.39 is 10.0 Å². The van der Waals surface area contributed by atoms with Crippen LogP contribution in [0.25, 0.3) is 0 Å². The second-order valence-corrected chi connectivity index (χ2v) is 7.04. The first-order chi connectivity index (χ1) is 11.4. The fourth-order valence-electron chi connectivity index (χ4n) is 2.40. The summed E-state index contributed by atoms with van der Waals surface area (Å²) in [6, 6.07) is 12.5. The molecule has 0 saturated heterocycles. The quantitative estimate of drug-likeness (QED) is 0.886. The highest BCUT2D eigenvalue weighted by Crippen LogP contribution is 2.23. The SMILES string of the molecule is CNS(=O)(=O)c1ccc(NC2=CC(=O)c3ccccc3C2=O)cc1. The normalized spacial score (nSPS) is 14.1. The average molecular weight is 342 g/mol. The molecule has 2 aromatic carbocycles. The van der Waals surface area contributed by atoms with Crippen LogP contribution >= 0.6 is 0 Å². The number of hydrogen-bond acceptors (Lipinski definition) is 5. The van der Waals surface area contributed by atoms with Crippen LogP contribution in [0.1, 0.15) is 20.7 Å². The molecule has 0 fully saturated rings. The standard InChI is InChI=1S/C17H14N2O4S/c1-18-24(22,23)12-8-6-11(7-9-12)19-15-10-16(20)13-4-2-3-5-14(13)17(15)21/h2-10,18-19H,1H3. The number of rotatable bonds is 4. The van der Waals surface area contributed by atoms with E-state index in [4.69, 9.17) is 0 Å². The van der Waals surface area contributed by atoms with Gasteiger partial charge in [0.2, 0.25) is 15.8 Å². The molecule has 2 aromatic rings. The van der Waals surface area contributed by atoms with Gasteiger partial charge in [-0.2, -0.15) is 0 Å². The molecule has 2 N–H and O–H groups in total. The Morgan fingerprint density at radius 3 is 2.12 bits per heavy atom. The number of hydrogen-bond donors (Lipinski definition) is 2. The fraction of sp³-hybridized carbons (Fsp3) is 0.0588. The minimum atomic E-state index is -3.52. The van der Waals surface area contributed by atoms with Gasteiger partial charge in [-0.05, 0) is 31.3 Å². The zero-order chi connectivity index (χ0) is 17.3. The van der Waals surface area contributed by atoms with E-state index in [2.05, 4.69) is 10.0 Å². The van der Waals surface area contributed by atoms with Gasteiger partial charge in [0.05, 0.1) is 10.6 Å². The molecule has 0 unspecified atom stereocenters. The van der Waals surface area contributed by atoms with Crippen LogP contribution in [-0.2, 0) is 10.0 Å². The maximum atomic E-state index is 12.5. The van der Waals surface area contributed by atoms with Gasteiger partial charge in [0.1, 0.15) is 0 Å². The smallest absolute Gasteiger partial charge is 0.240 e. The predicted octanol–water partition coefficient (Wildman–Crippen LogP) is 1.97. The van der Waals surface area contributed by atoms with Gasteiger partial charge in [-0.1, -0.05) is 24.3 Å². The summed E-state index contributed by atoms with van der Waals surface area (Å²) in [5, 5.41) is 2.87. The lowest BCUT2D eigenvalue weighted by atomic mass is 9.92. The van der Waals surface area contributed by atoms with Gasteiger partial charge < -0.3 is 5.32 Å². The number of ketones is 2. The largest absolute Gasteiger partial charge is 0.352 e. The summed E-state index contributed by atoms with van der Waals surface area (Å²) >= 11 is 0. The van der Waals surface area contributed by atoms with Crippen LogP contribution in [0.3, 0.4) is 0 Å². The van der Waals surface area contributed by atoms with Gasteiger partial charge in [-0.15, -0.1) is 0 Å². The van der Waals surface area contributed by atoms with Gasteiger partial charge in [0.15, 0.2) is 5.78 Å². The molecule has 0 amide bonds. The number of anilines is 1. The van der Waals surface area contributed by atoms with E-state index in [1.165, 1.54) is 37.4 Å². The van der Waals surface area contributed by atoms with Crippen LogP contribution in [0.15, 0.2) is 65.2 Å². The number of benzene rings is 2. The summed E-state index contributed by atoms with van der Waals surface area (Å²) in [6.45, 7) is 0. The molecule has 122 valence electrons. The monoisotopic (exact) mass is 342 g/mol. The third-order valence-electron chi connectivity index (χ3n) is 3.67. The van der Waals surface area contributed by atoms with Crippen molar-refractivity contribution in [3.05, 3.63) is 71.4 Å². The Morgan fingerprint density at radius 1 is 0.875 bits per heavy atom. The van der Waals surface area contributed by atoms with E-state index in [0.717, 1.165) is 0 Å². The molecule has 6 nitrogen and oxygen atoms in total. The molecule has 0 spiro atoms. The van der Waals surface area contributed by atoms with Crippen LogP contribution in [0.2, 0.25) is 0 Å². The summed E-state index contributed by atoms with van der Waals surface area (Å²) < 4.78 is 25.6. The summed E-state index contributed by atoms with van der Waals surface area (Å²) in [4.78, 5) is 24.7. The Labute approximate surface area is 139 Å². The van der Waals surface area contributed by atoms with Crippen LogP contribution in [0.4, 0.5) is 5.69 Å². The average Bonchev–Trinajstić information content (AvgIpc) is 2.60. The van der Waals surface area contributed by atoms with Crippen molar-refractivity contribution in [3.8, 4) is 0 Å². The Kier molecular flexibility index (Phi) is 4.04. The van der Waals surface area contributed by atoms with E-state index in [0.29, 0.717) is 16.8 Å². The number of carbonyl (C=O) groups is 2. The number of sulfonamides is 1. The number of allylic oxidation sites excluding steroid dienone is 2. The summed E-state index contributed by atoms with van der Waals surface area (Å²) in [7, 11) is -2.19. The summed E-state index contributed by atoms with van der Waals surface area (Å²) in [6.07, 6.45) is 1.25. The van der Waals surface area contributed by atoms with Crippen molar-refractivity contribution in [1.29, 1.82) is 0 Å². The molecule has 0 saturated carbocycles. The molecule has 1 aliphatic carbocycles. The van der Waals surface area contributed by atoms with Crippen molar-refractivity contribution < 1.29 is 18.0 Å². The lowest BCUT2D eigenvalue weighted by molar-refractivity contribution is 0.0985. The molecule has 0 heterocycles. The number of nitrogens with one attached hydrogen (secondary N) is 2. The molecule has 3 rings (SSSR count). The topological polar surface area (TPSA) is 92.3 Å². The molecule has 7 heteroatoms. The third-order valence-corrected chi connectivity index (χ3v) is 5.10. The highest BCUT2D eigenvalue weighted by atomic mass is 32.2. The van der Waals surface area contributed by atoms with Gasteiger partial charge in [-0.3, -0.25) is 9.59 Å². The number of Topliss-reactive ketones (excluding diaryl/α,β-unsaturated/α-hetero) is 1. The number of fused-ring (bicyclic) bond motifs is 1. The predicted molar refractivity (Wildman–Crippen MR) is 89.5 cm³/mol. The van der Waals surface area contributed by atoms with Crippen molar-refractivity contribution in [3.63, 3.8) is 0 Å². The molecule has 0 bridgehead atoms. The van der Waals surface area contributed by atoms with Crippen molar-refractivity contribution >= 4 is 27.3 Å². The Bertz CT molecular complexity index is 960. The first-order valence-electron chi connectivity index (χ1n) is 7.13. The highest BCUT2D eigenvalue weighted by Gasteiger charge is 2.25. The van der Waals surface area contributed by atoms with E-state index in [-0.39, 0.29) is 22.2 Å². The van der Waals surface area contributed by atoms with E-state index in [1.807, 2.05) is 0 Å². The maximum Gasteiger partial charge on any atom is 0.240 e. The van der Waals surface area contributed by atoms with Crippen LogP contribution in [-0.4, -0.2) is 27.0 Å². The lowest BCUT2D eigenvalue weighted by Gasteiger charge is -2.16. The van der Waals surface area contributed by atoms with Crippen molar-refractivity contribution in [2.75, 3.05) is 12.4 Å². The van der Waals surface area contributed by atoms with Crippen LogP contribution in [0.5, 0.6) is 0 Å². The first-order valence-corrected chi connectivity index (χ1v) is 8.61. The minimum Gasteiger partial charge on any atom is -0.352 e. The summed E-state index contributed by atoms with van der Waals surface area (Å²) in [5.74, 6) is -0.529. The molecule has 1 aliphatic rings. The van der Waals surface area contributed by atoms with Gasteiger partial charge in [-0.25, -0.2) is 13.1 Å².